The first kappa shape index (κ1) is 25.6. The fourth-order valence-electron chi connectivity index (χ4n) is 4.93. The van der Waals surface area contributed by atoms with Crippen LogP contribution in [0, 0.1) is 12.8 Å². The first-order valence-corrected chi connectivity index (χ1v) is 12.4. The number of carboxylic acids is 1. The van der Waals surface area contributed by atoms with Gasteiger partial charge in [-0.15, -0.1) is 0 Å². The number of alkyl halides is 3. The lowest BCUT2D eigenvalue weighted by molar-refractivity contribution is -0.137. The van der Waals surface area contributed by atoms with Crippen molar-refractivity contribution in [3.8, 4) is 11.3 Å². The molecule has 7 nitrogen and oxygen atoms in total. The number of rotatable bonds is 7. The number of aryl methyl sites for hydroxylation is 1. The Labute approximate surface area is 217 Å². The lowest BCUT2D eigenvalue weighted by Gasteiger charge is -2.32. The fourth-order valence-corrected chi connectivity index (χ4v) is 4.93. The third-order valence-corrected chi connectivity index (χ3v) is 7.27. The molecule has 4 aromatic rings. The van der Waals surface area contributed by atoms with E-state index < -0.39 is 17.7 Å². The van der Waals surface area contributed by atoms with E-state index in [-0.39, 0.29) is 24.1 Å². The van der Waals surface area contributed by atoms with Crippen LogP contribution in [0.25, 0.3) is 22.3 Å². The minimum atomic E-state index is -4.50. The summed E-state index contributed by atoms with van der Waals surface area (Å²) in [6, 6.07) is 12.9. The quantitative estimate of drug-likeness (QED) is 0.244. The molecule has 2 aromatic heterocycles. The van der Waals surface area contributed by atoms with Gasteiger partial charge in [0, 0.05) is 11.7 Å². The zero-order valence-electron chi connectivity index (χ0n) is 21.0. The van der Waals surface area contributed by atoms with Crippen LogP contribution in [0.5, 0.6) is 0 Å². The summed E-state index contributed by atoms with van der Waals surface area (Å²) in [7, 11) is 0. The van der Waals surface area contributed by atoms with Crippen LogP contribution < -0.4 is 11.1 Å². The number of hydrogen-bond donors (Lipinski definition) is 3. The van der Waals surface area contributed by atoms with E-state index in [1.165, 1.54) is 6.07 Å². The summed E-state index contributed by atoms with van der Waals surface area (Å²) in [6.07, 6.45) is -1.20. The van der Waals surface area contributed by atoms with Crippen LogP contribution in [0.1, 0.15) is 53.5 Å². The zero-order chi connectivity index (χ0) is 27.2. The van der Waals surface area contributed by atoms with E-state index in [1.807, 2.05) is 42.7 Å². The van der Waals surface area contributed by atoms with Crippen molar-refractivity contribution >= 4 is 28.5 Å². The number of aromatic nitrogens is 3. The van der Waals surface area contributed by atoms with Crippen LogP contribution >= 0.6 is 0 Å². The number of carbonyl (C=O) groups is 1. The molecule has 1 fully saturated rings. The maximum Gasteiger partial charge on any atom is 0.416 e. The highest BCUT2D eigenvalue weighted by atomic mass is 19.4. The molecule has 1 aliphatic rings. The topological polar surface area (TPSA) is 106 Å². The molecule has 0 amide bonds. The molecule has 198 valence electrons. The van der Waals surface area contributed by atoms with Crippen molar-refractivity contribution in [1.29, 1.82) is 0 Å². The second kappa shape index (κ2) is 9.66. The number of halogens is 3. The summed E-state index contributed by atoms with van der Waals surface area (Å²) in [5, 5.41) is 13.1. The number of aromatic carboxylic acids is 1. The maximum absolute atomic E-state index is 13.3. The molecule has 2 aromatic carbocycles. The smallest absolute Gasteiger partial charge is 0.416 e. The second-order valence-corrected chi connectivity index (χ2v) is 9.96. The highest BCUT2D eigenvalue weighted by Crippen LogP contribution is 2.37. The van der Waals surface area contributed by atoms with Gasteiger partial charge in [0.1, 0.15) is 5.52 Å². The van der Waals surface area contributed by atoms with Gasteiger partial charge in [-0.05, 0) is 68.0 Å². The molecule has 0 bridgehead atoms. The van der Waals surface area contributed by atoms with Gasteiger partial charge in [-0.1, -0.05) is 36.2 Å². The molecule has 1 saturated carbocycles. The van der Waals surface area contributed by atoms with Crippen LogP contribution in [0.4, 0.5) is 24.7 Å². The summed E-state index contributed by atoms with van der Waals surface area (Å²) in [4.78, 5) is 20.5. The van der Waals surface area contributed by atoms with Gasteiger partial charge in [0.2, 0.25) is 5.82 Å². The normalized spacial score (nSPS) is 14.9. The first-order chi connectivity index (χ1) is 18.0. The Kier molecular flexibility index (Phi) is 6.50. The average Bonchev–Trinajstić information content (AvgIpc) is 3.17. The van der Waals surface area contributed by atoms with E-state index in [9.17, 15) is 23.1 Å². The molecule has 2 heterocycles. The van der Waals surface area contributed by atoms with Gasteiger partial charge >= 0.3 is 12.1 Å². The third-order valence-electron chi connectivity index (χ3n) is 7.27. The van der Waals surface area contributed by atoms with Gasteiger partial charge < -0.3 is 20.7 Å². The molecule has 38 heavy (non-hydrogen) atoms. The van der Waals surface area contributed by atoms with Gasteiger partial charge in [-0.3, -0.25) is 0 Å². The first-order valence-electron chi connectivity index (χ1n) is 12.4. The van der Waals surface area contributed by atoms with E-state index in [0.717, 1.165) is 48.2 Å². The van der Waals surface area contributed by atoms with Crippen LogP contribution in [-0.2, 0) is 12.7 Å². The highest BCUT2D eigenvalue weighted by Gasteiger charge is 2.31. The van der Waals surface area contributed by atoms with Crippen LogP contribution in [0.3, 0.4) is 0 Å². The third kappa shape index (κ3) is 4.90. The number of nitrogens with two attached hydrogens (primary N) is 1. The second-order valence-electron chi connectivity index (χ2n) is 9.96. The summed E-state index contributed by atoms with van der Waals surface area (Å²) >= 11 is 0. The summed E-state index contributed by atoms with van der Waals surface area (Å²) in [5.74, 6) is -0.763. The number of benzene rings is 2. The van der Waals surface area contributed by atoms with Crippen LogP contribution in [0.15, 0.2) is 48.5 Å². The largest absolute Gasteiger partial charge is 0.475 e. The van der Waals surface area contributed by atoms with Crippen molar-refractivity contribution in [2.75, 3.05) is 11.1 Å². The van der Waals surface area contributed by atoms with Gasteiger partial charge in [-0.25, -0.2) is 14.8 Å². The van der Waals surface area contributed by atoms with Crippen molar-refractivity contribution < 1.29 is 23.1 Å². The molecule has 1 atom stereocenters. The van der Waals surface area contributed by atoms with Crippen molar-refractivity contribution in [1.82, 2.24) is 14.5 Å². The van der Waals surface area contributed by atoms with E-state index >= 15 is 0 Å². The summed E-state index contributed by atoms with van der Waals surface area (Å²) < 4.78 is 41.6. The van der Waals surface area contributed by atoms with E-state index in [0.29, 0.717) is 28.3 Å². The molecule has 0 saturated heterocycles. The lowest BCUT2D eigenvalue weighted by Crippen LogP contribution is -2.31. The van der Waals surface area contributed by atoms with Gasteiger partial charge in [-0.2, -0.15) is 13.2 Å². The number of hydrogen-bond acceptors (Lipinski definition) is 5. The predicted molar refractivity (Wildman–Crippen MR) is 140 cm³/mol. The number of nitrogens with zero attached hydrogens (tertiary/aromatic N) is 3. The average molecular weight is 524 g/mol. The molecule has 5 rings (SSSR count). The van der Waals surface area contributed by atoms with E-state index in [2.05, 4.69) is 15.3 Å². The Bertz CT molecular complexity index is 1530. The molecular formula is C28H28F3N5O2. The number of nitrogens with one attached hydrogen (secondary N) is 1. The number of carboxylic acid groups (broad SMARTS) is 1. The SMILES string of the molecule is Cc1cccc(-c2cc3nc(C(=O)O)nc(NC(C)C4CCC4)c3n2Cc2ccc(C(F)(F)F)cc2N)c1. The zero-order valence-corrected chi connectivity index (χ0v) is 21.0. The van der Waals surface area contributed by atoms with Gasteiger partial charge in [0.15, 0.2) is 5.82 Å². The fraction of sp³-hybridized carbons (Fsp3) is 0.321. The van der Waals surface area contributed by atoms with E-state index in [1.54, 1.807) is 6.07 Å². The Morgan fingerprint density at radius 2 is 1.95 bits per heavy atom. The highest BCUT2D eigenvalue weighted by molar-refractivity contribution is 5.95. The maximum atomic E-state index is 13.3. The van der Waals surface area contributed by atoms with Gasteiger partial charge in [0.25, 0.3) is 0 Å². The molecular weight excluding hydrogens is 495 g/mol. The minimum absolute atomic E-state index is 0.0114. The minimum Gasteiger partial charge on any atom is -0.475 e. The van der Waals surface area contributed by atoms with Gasteiger partial charge in [0.05, 0.1) is 23.3 Å². The predicted octanol–water partition coefficient (Wildman–Crippen LogP) is 6.35. The summed E-state index contributed by atoms with van der Waals surface area (Å²) in [5.41, 5.74) is 9.36. The van der Waals surface area contributed by atoms with Crippen LogP contribution in [-0.4, -0.2) is 31.7 Å². The van der Waals surface area contributed by atoms with Crippen molar-refractivity contribution in [2.45, 2.75) is 51.9 Å². The number of fused-ring (bicyclic) bond motifs is 1. The molecule has 0 aliphatic heterocycles. The molecule has 4 N–H and O–H groups in total. The molecule has 10 heteroatoms. The Hall–Kier alpha value is -4.08. The van der Waals surface area contributed by atoms with Crippen molar-refractivity contribution in [2.24, 2.45) is 5.92 Å². The molecule has 1 unspecified atom stereocenters. The summed E-state index contributed by atoms with van der Waals surface area (Å²) in [6.45, 7) is 4.14. The Morgan fingerprint density at radius 1 is 1.18 bits per heavy atom. The Balaban J connectivity index is 1.71. The molecule has 0 radical (unpaired) electrons. The standard InChI is InChI=1S/C28H28F3N5O2/c1-15-5-3-8-18(11-15)23-13-22-24(36(23)14-19-9-10-20(12-21(19)32)28(29,30)31)25(35-26(34-22)27(37)38)33-16(2)17-6-4-7-17/h3,5,8-13,16-17H,4,6-7,14,32H2,1-2H3,(H,37,38)(H,33,34,35). The Morgan fingerprint density at radius 3 is 2.55 bits per heavy atom. The van der Waals surface area contributed by atoms with Crippen molar-refractivity contribution in [3.05, 3.63) is 71.0 Å². The molecule has 0 spiro atoms. The van der Waals surface area contributed by atoms with E-state index in [4.69, 9.17) is 5.73 Å². The monoisotopic (exact) mass is 523 g/mol. The lowest BCUT2D eigenvalue weighted by atomic mass is 9.80. The van der Waals surface area contributed by atoms with Crippen LogP contribution in [0.2, 0.25) is 0 Å². The number of anilines is 2. The molecule has 1 aliphatic carbocycles. The number of nitrogen functional groups attached to an aromatic ring is 1. The van der Waals surface area contributed by atoms with Crippen molar-refractivity contribution in [3.63, 3.8) is 0 Å².